The summed E-state index contributed by atoms with van der Waals surface area (Å²) in [5.41, 5.74) is 0.903. The van der Waals surface area contributed by atoms with Crippen molar-refractivity contribution in [2.75, 3.05) is 29.9 Å². The van der Waals surface area contributed by atoms with Crippen LogP contribution in [0.15, 0.2) is 41.3 Å². The average Bonchev–Trinajstić information content (AvgIpc) is 2.77. The van der Waals surface area contributed by atoms with Crippen LogP contribution in [0.5, 0.6) is 11.5 Å². The lowest BCUT2D eigenvalue weighted by atomic mass is 9.92. The minimum Gasteiger partial charge on any atom is -0.497 e. The third-order valence-electron chi connectivity index (χ3n) is 5.13. The highest BCUT2D eigenvalue weighted by molar-refractivity contribution is 7.92. The molecule has 0 saturated carbocycles. The quantitative estimate of drug-likeness (QED) is 0.718. The van der Waals surface area contributed by atoms with Crippen LogP contribution in [0.2, 0.25) is 0 Å². The Bertz CT molecular complexity index is 1090. The Labute approximate surface area is 184 Å². The molecule has 0 bridgehead atoms. The van der Waals surface area contributed by atoms with E-state index >= 15 is 0 Å². The lowest BCUT2D eigenvalue weighted by molar-refractivity contribution is -0.127. The smallest absolute Gasteiger partial charge is 0.262 e. The zero-order valence-electron chi connectivity index (χ0n) is 18.9. The second kappa shape index (κ2) is 8.42. The van der Waals surface area contributed by atoms with Gasteiger partial charge < -0.3 is 14.4 Å². The number of ether oxygens (including phenoxy) is 2. The zero-order chi connectivity index (χ0) is 23.0. The molecule has 1 heterocycles. The van der Waals surface area contributed by atoms with Crippen LogP contribution in [-0.4, -0.2) is 34.6 Å². The van der Waals surface area contributed by atoms with Crippen molar-refractivity contribution in [3.8, 4) is 11.5 Å². The van der Waals surface area contributed by atoms with Crippen LogP contribution < -0.4 is 19.1 Å². The Morgan fingerprint density at radius 2 is 1.90 bits per heavy atom. The molecule has 0 fully saturated rings. The standard InChI is InChI=1S/C23H30N2O5S/c1-15(2)13-25-19-9-7-17(12-20(19)30-14-23(4,5)22(25)26)24-31(27,28)21-10-8-18(29-6)11-16(21)3/h7-12,15,24H,13-14H2,1-6H3. The van der Waals surface area contributed by atoms with Gasteiger partial charge in [-0.1, -0.05) is 13.8 Å². The first-order valence-corrected chi connectivity index (χ1v) is 11.7. The number of anilines is 2. The topological polar surface area (TPSA) is 84.9 Å². The Kier molecular flexibility index (Phi) is 6.23. The van der Waals surface area contributed by atoms with E-state index in [0.717, 1.165) is 0 Å². The molecule has 31 heavy (non-hydrogen) atoms. The molecule has 1 aliphatic rings. The number of hydrogen-bond acceptors (Lipinski definition) is 5. The molecule has 0 radical (unpaired) electrons. The summed E-state index contributed by atoms with van der Waals surface area (Å²) in [5, 5.41) is 0. The first-order chi connectivity index (χ1) is 14.4. The number of hydrogen-bond donors (Lipinski definition) is 1. The fourth-order valence-corrected chi connectivity index (χ4v) is 4.80. The van der Waals surface area contributed by atoms with Crippen molar-refractivity contribution < 1.29 is 22.7 Å². The van der Waals surface area contributed by atoms with Gasteiger partial charge >= 0.3 is 0 Å². The van der Waals surface area contributed by atoms with Crippen molar-refractivity contribution in [2.24, 2.45) is 11.3 Å². The van der Waals surface area contributed by atoms with E-state index in [-0.39, 0.29) is 23.3 Å². The minimum absolute atomic E-state index is 0.0119. The molecule has 1 aliphatic heterocycles. The summed E-state index contributed by atoms with van der Waals surface area (Å²) in [6, 6.07) is 9.81. The molecule has 0 saturated heterocycles. The molecule has 1 N–H and O–H groups in total. The van der Waals surface area contributed by atoms with Gasteiger partial charge in [-0.3, -0.25) is 9.52 Å². The molecular formula is C23H30N2O5S. The summed E-state index contributed by atoms with van der Waals surface area (Å²) in [7, 11) is -2.28. The fraction of sp³-hybridized carbons (Fsp3) is 0.435. The zero-order valence-corrected chi connectivity index (χ0v) is 19.7. The maximum absolute atomic E-state index is 13.1. The molecule has 8 heteroatoms. The summed E-state index contributed by atoms with van der Waals surface area (Å²) in [6.45, 7) is 10.3. The van der Waals surface area contributed by atoms with Crippen LogP contribution in [-0.2, 0) is 14.8 Å². The Balaban J connectivity index is 1.96. The molecule has 1 amide bonds. The van der Waals surface area contributed by atoms with Crippen LogP contribution in [0.4, 0.5) is 11.4 Å². The van der Waals surface area contributed by atoms with Crippen LogP contribution in [0.1, 0.15) is 33.3 Å². The highest BCUT2D eigenvalue weighted by atomic mass is 32.2. The number of carbonyl (C=O) groups excluding carboxylic acids is 1. The Hall–Kier alpha value is -2.74. The van der Waals surface area contributed by atoms with Crippen LogP contribution in [0.25, 0.3) is 0 Å². The SMILES string of the molecule is COc1ccc(S(=O)(=O)Nc2ccc3c(c2)OCC(C)(C)C(=O)N3CC(C)C)c(C)c1. The molecule has 7 nitrogen and oxygen atoms in total. The molecule has 0 unspecified atom stereocenters. The van der Waals surface area contributed by atoms with Crippen molar-refractivity contribution in [3.05, 3.63) is 42.0 Å². The van der Waals surface area contributed by atoms with Gasteiger partial charge in [0.25, 0.3) is 10.0 Å². The number of fused-ring (bicyclic) bond motifs is 1. The molecule has 0 atom stereocenters. The number of rotatable bonds is 6. The molecule has 2 aromatic rings. The second-order valence-corrected chi connectivity index (χ2v) is 10.6. The predicted molar refractivity (Wildman–Crippen MR) is 121 cm³/mol. The van der Waals surface area contributed by atoms with Gasteiger partial charge in [0.05, 0.1) is 28.8 Å². The van der Waals surface area contributed by atoms with Gasteiger partial charge in [0.15, 0.2) is 0 Å². The second-order valence-electron chi connectivity index (χ2n) is 8.90. The fourth-order valence-electron chi connectivity index (χ4n) is 3.52. The first-order valence-electron chi connectivity index (χ1n) is 10.2. The number of nitrogens with zero attached hydrogens (tertiary/aromatic N) is 1. The monoisotopic (exact) mass is 446 g/mol. The van der Waals surface area contributed by atoms with Crippen LogP contribution >= 0.6 is 0 Å². The molecule has 2 aromatic carbocycles. The summed E-state index contributed by atoms with van der Waals surface area (Å²) in [6.07, 6.45) is 0. The molecular weight excluding hydrogens is 416 g/mol. The third kappa shape index (κ3) is 4.79. The maximum Gasteiger partial charge on any atom is 0.262 e. The number of aryl methyl sites for hydroxylation is 1. The van der Waals surface area contributed by atoms with E-state index < -0.39 is 15.4 Å². The number of benzene rings is 2. The van der Waals surface area contributed by atoms with Gasteiger partial charge in [0.1, 0.15) is 18.1 Å². The van der Waals surface area contributed by atoms with Crippen molar-refractivity contribution in [2.45, 2.75) is 39.5 Å². The van der Waals surface area contributed by atoms with E-state index in [0.29, 0.717) is 35.0 Å². The highest BCUT2D eigenvalue weighted by Crippen LogP contribution is 2.39. The molecule has 0 aliphatic carbocycles. The first kappa shape index (κ1) is 22.9. The highest BCUT2D eigenvalue weighted by Gasteiger charge is 2.38. The van der Waals surface area contributed by atoms with E-state index in [1.807, 2.05) is 27.7 Å². The van der Waals surface area contributed by atoms with Crippen molar-refractivity contribution in [1.82, 2.24) is 0 Å². The number of carbonyl (C=O) groups is 1. The van der Waals surface area contributed by atoms with Crippen LogP contribution in [0.3, 0.4) is 0 Å². The maximum atomic E-state index is 13.1. The largest absolute Gasteiger partial charge is 0.497 e. The Morgan fingerprint density at radius 1 is 1.19 bits per heavy atom. The van der Waals surface area contributed by atoms with E-state index in [9.17, 15) is 13.2 Å². The molecule has 0 aromatic heterocycles. The number of amides is 1. The van der Waals surface area contributed by atoms with E-state index in [1.165, 1.54) is 13.2 Å². The molecule has 168 valence electrons. The summed E-state index contributed by atoms with van der Waals surface area (Å²) in [4.78, 5) is 15.0. The van der Waals surface area contributed by atoms with Crippen molar-refractivity contribution in [3.63, 3.8) is 0 Å². The van der Waals surface area contributed by atoms with Gasteiger partial charge in [0, 0.05) is 12.6 Å². The van der Waals surface area contributed by atoms with E-state index in [4.69, 9.17) is 9.47 Å². The van der Waals surface area contributed by atoms with Crippen molar-refractivity contribution in [1.29, 1.82) is 0 Å². The lowest BCUT2D eigenvalue weighted by Gasteiger charge is -2.29. The summed E-state index contributed by atoms with van der Waals surface area (Å²) in [5.74, 6) is 1.32. The average molecular weight is 447 g/mol. The van der Waals surface area contributed by atoms with Gasteiger partial charge in [-0.15, -0.1) is 0 Å². The number of nitrogens with one attached hydrogen (secondary N) is 1. The molecule has 3 rings (SSSR count). The number of methoxy groups -OCH3 is 1. The third-order valence-corrected chi connectivity index (χ3v) is 6.68. The van der Waals surface area contributed by atoms with E-state index in [2.05, 4.69) is 4.72 Å². The number of sulfonamides is 1. The van der Waals surface area contributed by atoms with Crippen LogP contribution in [0, 0.1) is 18.3 Å². The normalized spacial score (nSPS) is 15.8. The summed E-state index contributed by atoms with van der Waals surface area (Å²) < 4.78 is 39.7. The minimum atomic E-state index is -3.81. The van der Waals surface area contributed by atoms with E-state index in [1.54, 1.807) is 42.2 Å². The van der Waals surface area contributed by atoms with Crippen molar-refractivity contribution >= 4 is 27.3 Å². The van der Waals surface area contributed by atoms with Gasteiger partial charge in [0.2, 0.25) is 5.91 Å². The van der Waals surface area contributed by atoms with Gasteiger partial charge in [-0.2, -0.15) is 0 Å². The lowest BCUT2D eigenvalue weighted by Crippen LogP contribution is -2.43. The summed E-state index contributed by atoms with van der Waals surface area (Å²) >= 11 is 0. The molecule has 0 spiro atoms. The van der Waals surface area contributed by atoms with Gasteiger partial charge in [-0.25, -0.2) is 8.42 Å². The predicted octanol–water partition coefficient (Wildman–Crippen LogP) is 4.21. The van der Waals surface area contributed by atoms with Gasteiger partial charge in [-0.05, 0) is 62.6 Å². The Morgan fingerprint density at radius 3 is 2.52 bits per heavy atom.